The summed E-state index contributed by atoms with van der Waals surface area (Å²) < 4.78 is 11.7. The summed E-state index contributed by atoms with van der Waals surface area (Å²) in [5, 5.41) is 4.01. The molecule has 0 aliphatic carbocycles. The van der Waals surface area contributed by atoms with E-state index in [4.69, 9.17) is 9.47 Å². The van der Waals surface area contributed by atoms with Crippen LogP contribution in [0.4, 0.5) is 0 Å². The van der Waals surface area contributed by atoms with Gasteiger partial charge >= 0.3 is 5.97 Å². The van der Waals surface area contributed by atoms with Crippen molar-refractivity contribution in [1.82, 2.24) is 9.78 Å². The third kappa shape index (κ3) is 2.55. The molecule has 1 rings (SSSR count). The van der Waals surface area contributed by atoms with Gasteiger partial charge in [-0.15, -0.1) is 0 Å². The first-order valence-electron chi connectivity index (χ1n) is 4.08. The van der Waals surface area contributed by atoms with E-state index in [0.29, 0.717) is 23.5 Å². The van der Waals surface area contributed by atoms with Crippen LogP contribution < -0.4 is 0 Å². The SMILES string of the molecule is CCOC(=O)c1cn(COC)nc1Br. The van der Waals surface area contributed by atoms with E-state index in [2.05, 4.69) is 21.0 Å². The monoisotopic (exact) mass is 262 g/mol. The van der Waals surface area contributed by atoms with E-state index in [9.17, 15) is 4.79 Å². The molecular formula is C8H11BrN2O3. The van der Waals surface area contributed by atoms with Gasteiger partial charge < -0.3 is 9.47 Å². The number of aromatic nitrogens is 2. The van der Waals surface area contributed by atoms with Crippen molar-refractivity contribution in [3.8, 4) is 0 Å². The Kier molecular flexibility index (Phi) is 4.09. The van der Waals surface area contributed by atoms with Gasteiger partial charge in [-0.3, -0.25) is 0 Å². The Morgan fingerprint density at radius 1 is 1.71 bits per heavy atom. The maximum absolute atomic E-state index is 11.3. The standard InChI is InChI=1S/C8H11BrN2O3/c1-3-14-8(12)6-4-11(5-13-2)10-7(6)9/h4H,3,5H2,1-2H3. The molecule has 0 saturated carbocycles. The quantitative estimate of drug-likeness (QED) is 0.771. The summed E-state index contributed by atoms with van der Waals surface area (Å²) in [4.78, 5) is 11.3. The van der Waals surface area contributed by atoms with Gasteiger partial charge in [-0.05, 0) is 22.9 Å². The number of rotatable bonds is 4. The molecule has 0 atom stereocenters. The van der Waals surface area contributed by atoms with Crippen LogP contribution in [-0.4, -0.2) is 29.5 Å². The molecule has 78 valence electrons. The molecule has 0 spiro atoms. The summed E-state index contributed by atoms with van der Waals surface area (Å²) in [6, 6.07) is 0. The van der Waals surface area contributed by atoms with Crippen molar-refractivity contribution in [3.05, 3.63) is 16.4 Å². The zero-order valence-electron chi connectivity index (χ0n) is 7.99. The number of carbonyl (C=O) groups excluding carboxylic acids is 1. The molecule has 1 aromatic rings. The van der Waals surface area contributed by atoms with E-state index in [1.165, 1.54) is 4.68 Å². The second-order valence-corrected chi connectivity index (χ2v) is 3.26. The predicted octanol–water partition coefficient (Wildman–Crippen LogP) is 1.43. The topological polar surface area (TPSA) is 53.4 Å². The Balaban J connectivity index is 2.81. The van der Waals surface area contributed by atoms with E-state index in [1.54, 1.807) is 20.2 Å². The number of halogens is 1. The zero-order valence-corrected chi connectivity index (χ0v) is 9.57. The first-order chi connectivity index (χ1) is 6.69. The number of methoxy groups -OCH3 is 1. The maximum Gasteiger partial charge on any atom is 0.342 e. The Hall–Kier alpha value is -0.880. The van der Waals surface area contributed by atoms with Crippen LogP contribution in [0, 0.1) is 0 Å². The van der Waals surface area contributed by atoms with E-state index in [-0.39, 0.29) is 5.97 Å². The molecule has 0 saturated heterocycles. The van der Waals surface area contributed by atoms with Crippen LogP contribution in [0.15, 0.2) is 10.8 Å². The molecule has 0 aromatic carbocycles. The fraction of sp³-hybridized carbons (Fsp3) is 0.500. The van der Waals surface area contributed by atoms with Gasteiger partial charge in [0.15, 0.2) is 0 Å². The molecular weight excluding hydrogens is 252 g/mol. The van der Waals surface area contributed by atoms with Crippen LogP contribution in [0.2, 0.25) is 0 Å². The van der Waals surface area contributed by atoms with Crippen LogP contribution in [0.3, 0.4) is 0 Å². The highest BCUT2D eigenvalue weighted by molar-refractivity contribution is 9.10. The summed E-state index contributed by atoms with van der Waals surface area (Å²) in [6.07, 6.45) is 1.57. The van der Waals surface area contributed by atoms with Crippen LogP contribution >= 0.6 is 15.9 Å². The largest absolute Gasteiger partial charge is 0.462 e. The minimum atomic E-state index is -0.387. The van der Waals surface area contributed by atoms with Crippen molar-refractivity contribution in [2.24, 2.45) is 0 Å². The molecule has 14 heavy (non-hydrogen) atoms. The zero-order chi connectivity index (χ0) is 10.6. The van der Waals surface area contributed by atoms with Gasteiger partial charge in [0.2, 0.25) is 0 Å². The van der Waals surface area contributed by atoms with Crippen molar-refractivity contribution >= 4 is 21.9 Å². The molecule has 0 fully saturated rings. The first kappa shape index (κ1) is 11.2. The number of hydrogen-bond acceptors (Lipinski definition) is 4. The third-order valence-corrected chi connectivity index (χ3v) is 2.06. The summed E-state index contributed by atoms with van der Waals surface area (Å²) >= 11 is 3.17. The second-order valence-electron chi connectivity index (χ2n) is 2.51. The van der Waals surface area contributed by atoms with Crippen molar-refractivity contribution < 1.29 is 14.3 Å². The molecule has 1 aromatic heterocycles. The van der Waals surface area contributed by atoms with E-state index in [0.717, 1.165) is 0 Å². The summed E-state index contributed by atoms with van der Waals surface area (Å²) in [5.74, 6) is -0.387. The lowest BCUT2D eigenvalue weighted by Gasteiger charge is -1.97. The van der Waals surface area contributed by atoms with E-state index < -0.39 is 0 Å². The van der Waals surface area contributed by atoms with Crippen LogP contribution in [0.5, 0.6) is 0 Å². The minimum absolute atomic E-state index is 0.304. The van der Waals surface area contributed by atoms with Crippen LogP contribution in [0.25, 0.3) is 0 Å². The number of ether oxygens (including phenoxy) is 2. The van der Waals surface area contributed by atoms with Gasteiger partial charge in [0.1, 0.15) is 16.9 Å². The molecule has 1 heterocycles. The number of esters is 1. The predicted molar refractivity (Wildman–Crippen MR) is 52.9 cm³/mol. The van der Waals surface area contributed by atoms with E-state index >= 15 is 0 Å². The first-order valence-corrected chi connectivity index (χ1v) is 4.87. The Labute approximate surface area is 90.1 Å². The number of nitrogens with zero attached hydrogens (tertiary/aromatic N) is 2. The highest BCUT2D eigenvalue weighted by Crippen LogP contribution is 2.15. The maximum atomic E-state index is 11.3. The fourth-order valence-corrected chi connectivity index (χ4v) is 1.41. The molecule has 0 N–H and O–H groups in total. The van der Waals surface area contributed by atoms with Crippen molar-refractivity contribution in [1.29, 1.82) is 0 Å². The minimum Gasteiger partial charge on any atom is -0.462 e. The highest BCUT2D eigenvalue weighted by Gasteiger charge is 2.15. The normalized spacial score (nSPS) is 10.2. The van der Waals surface area contributed by atoms with Gasteiger partial charge in [0.05, 0.1) is 6.61 Å². The molecule has 0 unspecified atom stereocenters. The van der Waals surface area contributed by atoms with Gasteiger partial charge in [0, 0.05) is 13.3 Å². The summed E-state index contributed by atoms with van der Waals surface area (Å²) in [5.41, 5.74) is 0.406. The fourth-order valence-electron chi connectivity index (χ4n) is 0.942. The number of carbonyl (C=O) groups is 1. The van der Waals surface area contributed by atoms with Crippen LogP contribution in [0.1, 0.15) is 17.3 Å². The van der Waals surface area contributed by atoms with Gasteiger partial charge in [-0.2, -0.15) is 5.10 Å². The molecule has 0 bridgehead atoms. The summed E-state index contributed by atoms with van der Waals surface area (Å²) in [7, 11) is 1.56. The van der Waals surface area contributed by atoms with Crippen molar-refractivity contribution in [2.45, 2.75) is 13.7 Å². The molecule has 0 aliphatic heterocycles. The lowest BCUT2D eigenvalue weighted by Crippen LogP contribution is -2.04. The van der Waals surface area contributed by atoms with Crippen LogP contribution in [-0.2, 0) is 16.2 Å². The molecule has 5 nitrogen and oxygen atoms in total. The molecule has 0 aliphatic rings. The Morgan fingerprint density at radius 3 is 3.00 bits per heavy atom. The number of hydrogen-bond donors (Lipinski definition) is 0. The van der Waals surface area contributed by atoms with E-state index in [1.807, 2.05) is 0 Å². The van der Waals surface area contributed by atoms with Gasteiger partial charge in [-0.25, -0.2) is 9.48 Å². The average Bonchev–Trinajstić information content (AvgIpc) is 2.48. The smallest absolute Gasteiger partial charge is 0.342 e. The lowest BCUT2D eigenvalue weighted by atomic mass is 10.4. The molecule has 6 heteroatoms. The van der Waals surface area contributed by atoms with Gasteiger partial charge in [-0.1, -0.05) is 0 Å². The van der Waals surface area contributed by atoms with Gasteiger partial charge in [0.25, 0.3) is 0 Å². The third-order valence-electron chi connectivity index (χ3n) is 1.47. The molecule has 0 amide bonds. The second kappa shape index (κ2) is 5.11. The van der Waals surface area contributed by atoms with Crippen molar-refractivity contribution in [2.75, 3.05) is 13.7 Å². The average molecular weight is 263 g/mol. The highest BCUT2D eigenvalue weighted by atomic mass is 79.9. The Morgan fingerprint density at radius 2 is 2.43 bits per heavy atom. The lowest BCUT2D eigenvalue weighted by molar-refractivity contribution is 0.0524. The summed E-state index contributed by atoms with van der Waals surface area (Å²) in [6.45, 7) is 2.41. The molecule has 0 radical (unpaired) electrons. The van der Waals surface area contributed by atoms with Crippen molar-refractivity contribution in [3.63, 3.8) is 0 Å². The Bertz CT molecular complexity index is 324.